The third kappa shape index (κ3) is 5.34. The number of thioether (sulfide) groups is 1. The van der Waals surface area contributed by atoms with E-state index in [2.05, 4.69) is 22.2 Å². The van der Waals surface area contributed by atoms with Crippen molar-refractivity contribution >= 4 is 40.2 Å². The van der Waals surface area contributed by atoms with E-state index in [0.717, 1.165) is 25.7 Å². The Hall–Kier alpha value is -3.39. The summed E-state index contributed by atoms with van der Waals surface area (Å²) in [6.45, 7) is 4.01. The molecule has 1 aliphatic carbocycles. The number of carbonyl (C=O) groups excluding carboxylic acids is 2. The lowest BCUT2D eigenvalue weighted by Crippen LogP contribution is -2.33. The quantitative estimate of drug-likeness (QED) is 0.300. The summed E-state index contributed by atoms with van der Waals surface area (Å²) < 4.78 is 1.51. The number of para-hydroxylation sites is 2. The Morgan fingerprint density at radius 2 is 1.85 bits per heavy atom. The Kier molecular flexibility index (Phi) is 7.24. The van der Waals surface area contributed by atoms with Crippen LogP contribution in [0, 0.1) is 0 Å². The fourth-order valence-corrected chi connectivity index (χ4v) is 4.80. The Balaban J connectivity index is 1.48. The topological polar surface area (TPSA) is 93.1 Å². The van der Waals surface area contributed by atoms with Gasteiger partial charge in [0.1, 0.15) is 0 Å². The predicted octanol–water partition coefficient (Wildman–Crippen LogP) is 3.99. The van der Waals surface area contributed by atoms with Gasteiger partial charge in [-0.05, 0) is 37.1 Å². The van der Waals surface area contributed by atoms with Crippen molar-refractivity contribution in [2.75, 3.05) is 11.1 Å². The molecule has 2 amide bonds. The van der Waals surface area contributed by atoms with E-state index in [-0.39, 0.29) is 29.2 Å². The molecule has 3 aromatic rings. The second kappa shape index (κ2) is 10.5. The molecule has 33 heavy (non-hydrogen) atoms. The van der Waals surface area contributed by atoms with Gasteiger partial charge in [0.2, 0.25) is 5.91 Å². The molecule has 8 heteroatoms. The smallest absolute Gasteiger partial charge is 0.262 e. The summed E-state index contributed by atoms with van der Waals surface area (Å²) in [4.78, 5) is 42.9. The van der Waals surface area contributed by atoms with Gasteiger partial charge in [-0.1, -0.05) is 54.9 Å². The third-order valence-corrected chi connectivity index (χ3v) is 6.58. The minimum absolute atomic E-state index is 0.0422. The number of rotatable bonds is 8. The number of allylic oxidation sites excluding steroid dienone is 1. The zero-order valence-electron chi connectivity index (χ0n) is 18.3. The summed E-state index contributed by atoms with van der Waals surface area (Å²) in [5.74, 6) is -0.421. The summed E-state index contributed by atoms with van der Waals surface area (Å²) in [7, 11) is 0. The molecule has 0 aliphatic heterocycles. The van der Waals surface area contributed by atoms with Crippen LogP contribution in [0.2, 0.25) is 0 Å². The molecule has 0 atom stereocenters. The molecule has 0 bridgehead atoms. The van der Waals surface area contributed by atoms with Gasteiger partial charge in [0.05, 0.1) is 27.9 Å². The molecule has 0 spiro atoms. The molecule has 0 radical (unpaired) electrons. The van der Waals surface area contributed by atoms with Crippen molar-refractivity contribution in [1.82, 2.24) is 14.9 Å². The summed E-state index contributed by atoms with van der Waals surface area (Å²) in [5.41, 5.74) is 1.32. The molecule has 1 heterocycles. The maximum atomic E-state index is 12.9. The van der Waals surface area contributed by atoms with Gasteiger partial charge in [-0.15, -0.1) is 6.58 Å². The van der Waals surface area contributed by atoms with Crippen molar-refractivity contribution in [2.24, 2.45) is 0 Å². The van der Waals surface area contributed by atoms with Crippen molar-refractivity contribution < 1.29 is 9.59 Å². The van der Waals surface area contributed by atoms with Crippen molar-refractivity contribution in [3.8, 4) is 0 Å². The summed E-state index contributed by atoms with van der Waals surface area (Å²) in [5, 5.41) is 6.86. The van der Waals surface area contributed by atoms with E-state index in [4.69, 9.17) is 0 Å². The average molecular weight is 463 g/mol. The fraction of sp³-hybridized carbons (Fsp3) is 0.280. The minimum Gasteiger partial charge on any atom is -0.349 e. The lowest BCUT2D eigenvalue weighted by molar-refractivity contribution is -0.113. The number of carbonyl (C=O) groups is 2. The highest BCUT2D eigenvalue weighted by Crippen LogP contribution is 2.22. The van der Waals surface area contributed by atoms with Crippen LogP contribution in [-0.2, 0) is 11.3 Å². The normalized spacial score (nSPS) is 13.7. The van der Waals surface area contributed by atoms with Gasteiger partial charge in [0, 0.05) is 12.6 Å². The molecule has 170 valence electrons. The number of amides is 2. The first-order valence-electron chi connectivity index (χ1n) is 11.0. The van der Waals surface area contributed by atoms with Crippen LogP contribution in [0.15, 0.2) is 71.1 Å². The van der Waals surface area contributed by atoms with Crippen LogP contribution in [0.3, 0.4) is 0 Å². The molecule has 2 aromatic carbocycles. The van der Waals surface area contributed by atoms with Crippen LogP contribution in [0.25, 0.3) is 10.9 Å². The first kappa shape index (κ1) is 22.8. The number of fused-ring (bicyclic) bond motifs is 1. The summed E-state index contributed by atoms with van der Waals surface area (Å²) in [6.07, 6.45) is 5.85. The Bertz CT molecular complexity index is 1250. The van der Waals surface area contributed by atoms with E-state index in [9.17, 15) is 14.4 Å². The molecule has 0 saturated heterocycles. The number of nitrogens with zero attached hydrogens (tertiary/aromatic N) is 2. The number of aromatic nitrogens is 2. The summed E-state index contributed by atoms with van der Waals surface area (Å²) in [6, 6.07) is 14.3. The highest BCUT2D eigenvalue weighted by Gasteiger charge is 2.20. The second-order valence-corrected chi connectivity index (χ2v) is 8.90. The van der Waals surface area contributed by atoms with Gasteiger partial charge < -0.3 is 10.6 Å². The molecule has 1 aliphatic rings. The van der Waals surface area contributed by atoms with Gasteiger partial charge in [0.25, 0.3) is 11.5 Å². The lowest BCUT2D eigenvalue weighted by Gasteiger charge is -2.15. The van der Waals surface area contributed by atoms with Gasteiger partial charge in [-0.25, -0.2) is 4.98 Å². The number of nitrogens with one attached hydrogen (secondary N) is 2. The molecular weight excluding hydrogens is 436 g/mol. The van der Waals surface area contributed by atoms with Crippen LogP contribution < -0.4 is 16.2 Å². The molecular formula is C25H26N4O3S. The standard InChI is InChI=1S/C25H26N4O3S/c1-2-15-29-24(32)19-12-6-8-14-21(19)28-25(29)33-16-22(30)27-20-13-7-5-11-18(20)23(31)26-17-9-3-4-10-17/h2,5-8,11-14,17H,1,3-4,9-10,15-16H2,(H,26,31)(H,27,30). The Morgan fingerprint density at radius 1 is 1.12 bits per heavy atom. The highest BCUT2D eigenvalue weighted by atomic mass is 32.2. The van der Waals surface area contributed by atoms with Crippen LogP contribution in [0.4, 0.5) is 5.69 Å². The molecule has 7 nitrogen and oxygen atoms in total. The van der Waals surface area contributed by atoms with E-state index in [1.807, 2.05) is 6.07 Å². The Morgan fingerprint density at radius 3 is 2.64 bits per heavy atom. The first-order chi connectivity index (χ1) is 16.1. The van der Waals surface area contributed by atoms with E-state index in [1.54, 1.807) is 48.5 Å². The second-order valence-electron chi connectivity index (χ2n) is 7.95. The fourth-order valence-electron chi connectivity index (χ4n) is 3.99. The van der Waals surface area contributed by atoms with E-state index >= 15 is 0 Å². The largest absolute Gasteiger partial charge is 0.349 e. The highest BCUT2D eigenvalue weighted by molar-refractivity contribution is 7.99. The number of benzene rings is 2. The van der Waals surface area contributed by atoms with Crippen molar-refractivity contribution in [3.05, 3.63) is 77.1 Å². The zero-order valence-corrected chi connectivity index (χ0v) is 19.1. The molecule has 1 fully saturated rings. The van der Waals surface area contributed by atoms with Crippen LogP contribution in [0.5, 0.6) is 0 Å². The minimum atomic E-state index is -0.284. The zero-order chi connectivity index (χ0) is 23.2. The van der Waals surface area contributed by atoms with Gasteiger partial charge in [-0.3, -0.25) is 19.0 Å². The van der Waals surface area contributed by atoms with Crippen molar-refractivity contribution in [2.45, 2.75) is 43.4 Å². The summed E-state index contributed by atoms with van der Waals surface area (Å²) >= 11 is 1.18. The van der Waals surface area contributed by atoms with Gasteiger partial charge >= 0.3 is 0 Å². The monoisotopic (exact) mass is 462 g/mol. The number of hydrogen-bond acceptors (Lipinski definition) is 5. The van der Waals surface area contributed by atoms with Crippen LogP contribution in [-0.4, -0.2) is 33.2 Å². The van der Waals surface area contributed by atoms with Gasteiger partial charge in [-0.2, -0.15) is 0 Å². The van der Waals surface area contributed by atoms with Crippen LogP contribution in [0.1, 0.15) is 36.0 Å². The molecule has 2 N–H and O–H groups in total. The van der Waals surface area contributed by atoms with E-state index in [1.165, 1.54) is 16.3 Å². The molecule has 4 rings (SSSR count). The molecule has 0 unspecified atom stereocenters. The lowest BCUT2D eigenvalue weighted by atomic mass is 10.1. The van der Waals surface area contributed by atoms with Crippen molar-refractivity contribution in [1.29, 1.82) is 0 Å². The van der Waals surface area contributed by atoms with E-state index < -0.39 is 0 Å². The van der Waals surface area contributed by atoms with Crippen LogP contribution >= 0.6 is 11.8 Å². The van der Waals surface area contributed by atoms with E-state index in [0.29, 0.717) is 33.9 Å². The number of hydrogen-bond donors (Lipinski definition) is 2. The first-order valence-corrected chi connectivity index (χ1v) is 12.0. The maximum absolute atomic E-state index is 12.9. The number of anilines is 1. The molecule has 1 saturated carbocycles. The Labute approximate surface area is 196 Å². The maximum Gasteiger partial charge on any atom is 0.262 e. The average Bonchev–Trinajstić information content (AvgIpc) is 3.33. The third-order valence-electron chi connectivity index (χ3n) is 5.61. The van der Waals surface area contributed by atoms with Crippen molar-refractivity contribution in [3.63, 3.8) is 0 Å². The molecule has 1 aromatic heterocycles. The van der Waals surface area contributed by atoms with Gasteiger partial charge in [0.15, 0.2) is 5.16 Å². The SMILES string of the molecule is C=CCn1c(SCC(=O)Nc2ccccc2C(=O)NC2CCCC2)nc2ccccc2c1=O. The predicted molar refractivity (Wildman–Crippen MR) is 132 cm³/mol.